The highest BCUT2D eigenvalue weighted by Gasteiger charge is 2.25. The van der Waals surface area contributed by atoms with Gasteiger partial charge >= 0.3 is 6.03 Å². The molecule has 0 bridgehead atoms. The SMILES string of the molecule is Cc1ccc(NC(=O)NC(C(=O)Nc2nnc(-c3ccccc3)s2)C(C)C)cc1C. The number of hydrogen-bond donors (Lipinski definition) is 3. The molecule has 3 aromatic rings. The summed E-state index contributed by atoms with van der Waals surface area (Å²) in [4.78, 5) is 25.2. The molecule has 3 rings (SSSR count). The maximum atomic E-state index is 12.8. The number of rotatable bonds is 6. The molecule has 1 heterocycles. The maximum absolute atomic E-state index is 12.8. The lowest BCUT2D eigenvalue weighted by Gasteiger charge is -2.21. The summed E-state index contributed by atoms with van der Waals surface area (Å²) in [7, 11) is 0. The predicted octanol–water partition coefficient (Wildman–Crippen LogP) is 4.61. The molecule has 0 fully saturated rings. The van der Waals surface area contributed by atoms with Crippen molar-refractivity contribution in [1.29, 1.82) is 0 Å². The molecular formula is C22H25N5O2S. The number of anilines is 2. The summed E-state index contributed by atoms with van der Waals surface area (Å²) in [5.74, 6) is -0.451. The minimum atomic E-state index is -0.722. The number of urea groups is 1. The molecule has 156 valence electrons. The second kappa shape index (κ2) is 9.49. The molecule has 30 heavy (non-hydrogen) atoms. The molecule has 1 unspecified atom stereocenters. The van der Waals surface area contributed by atoms with Gasteiger partial charge in [-0.25, -0.2) is 4.79 Å². The summed E-state index contributed by atoms with van der Waals surface area (Å²) in [6.45, 7) is 7.73. The number of nitrogens with one attached hydrogen (secondary N) is 3. The zero-order valence-electron chi connectivity index (χ0n) is 17.4. The third-order valence-electron chi connectivity index (χ3n) is 4.68. The van der Waals surface area contributed by atoms with Crippen LogP contribution < -0.4 is 16.0 Å². The molecule has 3 N–H and O–H groups in total. The molecule has 0 aliphatic rings. The molecule has 1 atom stereocenters. The first kappa shape index (κ1) is 21.4. The van der Waals surface area contributed by atoms with Crippen molar-refractivity contribution in [2.45, 2.75) is 33.7 Å². The van der Waals surface area contributed by atoms with Crippen LogP contribution in [0.2, 0.25) is 0 Å². The summed E-state index contributed by atoms with van der Waals surface area (Å²) in [5, 5.41) is 17.6. The van der Waals surface area contributed by atoms with Gasteiger partial charge in [0.2, 0.25) is 11.0 Å². The van der Waals surface area contributed by atoms with Crippen molar-refractivity contribution in [3.05, 3.63) is 59.7 Å². The summed E-state index contributed by atoms with van der Waals surface area (Å²) >= 11 is 1.29. The van der Waals surface area contributed by atoms with Crippen LogP contribution in [0.4, 0.5) is 15.6 Å². The highest BCUT2D eigenvalue weighted by atomic mass is 32.1. The van der Waals surface area contributed by atoms with Gasteiger partial charge in [0.15, 0.2) is 0 Å². The molecule has 1 aromatic heterocycles. The summed E-state index contributed by atoms with van der Waals surface area (Å²) in [6.07, 6.45) is 0. The van der Waals surface area contributed by atoms with Gasteiger partial charge in [0.25, 0.3) is 0 Å². The number of amides is 3. The first-order valence-corrected chi connectivity index (χ1v) is 10.5. The van der Waals surface area contributed by atoms with Crippen molar-refractivity contribution in [2.24, 2.45) is 5.92 Å². The second-order valence-electron chi connectivity index (χ2n) is 7.39. The minimum Gasteiger partial charge on any atom is -0.326 e. The Morgan fingerprint density at radius 2 is 1.67 bits per heavy atom. The highest BCUT2D eigenvalue weighted by molar-refractivity contribution is 7.18. The number of carbonyl (C=O) groups excluding carboxylic acids is 2. The number of aryl methyl sites for hydroxylation is 2. The Kier molecular flexibility index (Phi) is 6.79. The average Bonchev–Trinajstić information content (AvgIpc) is 3.18. The van der Waals surface area contributed by atoms with E-state index in [0.29, 0.717) is 15.8 Å². The van der Waals surface area contributed by atoms with Gasteiger partial charge in [-0.3, -0.25) is 10.1 Å². The van der Waals surface area contributed by atoms with Crippen LogP contribution in [0, 0.1) is 19.8 Å². The molecular weight excluding hydrogens is 398 g/mol. The van der Waals surface area contributed by atoms with E-state index < -0.39 is 12.1 Å². The quantitative estimate of drug-likeness (QED) is 0.540. The van der Waals surface area contributed by atoms with Gasteiger partial charge in [-0.15, -0.1) is 10.2 Å². The van der Waals surface area contributed by atoms with Gasteiger partial charge in [0.05, 0.1) is 0 Å². The van der Waals surface area contributed by atoms with E-state index in [-0.39, 0.29) is 11.8 Å². The third-order valence-corrected chi connectivity index (χ3v) is 5.56. The van der Waals surface area contributed by atoms with Crippen LogP contribution in [0.1, 0.15) is 25.0 Å². The van der Waals surface area contributed by atoms with Crippen LogP contribution in [0.15, 0.2) is 48.5 Å². The highest BCUT2D eigenvalue weighted by Crippen LogP contribution is 2.26. The normalized spacial score (nSPS) is 11.8. The fraction of sp³-hybridized carbons (Fsp3) is 0.273. The molecule has 8 heteroatoms. The van der Waals surface area contributed by atoms with E-state index in [1.807, 2.05) is 76.2 Å². The fourth-order valence-corrected chi connectivity index (χ4v) is 3.57. The fourth-order valence-electron chi connectivity index (χ4n) is 2.82. The lowest BCUT2D eigenvalue weighted by molar-refractivity contribution is -0.118. The number of hydrogen-bond acceptors (Lipinski definition) is 5. The van der Waals surface area contributed by atoms with E-state index in [9.17, 15) is 9.59 Å². The zero-order valence-corrected chi connectivity index (χ0v) is 18.2. The first-order valence-electron chi connectivity index (χ1n) is 9.68. The molecule has 0 radical (unpaired) electrons. The number of nitrogens with zero attached hydrogens (tertiary/aromatic N) is 2. The molecule has 0 aliphatic heterocycles. The van der Waals surface area contributed by atoms with Gasteiger partial charge in [0.1, 0.15) is 11.0 Å². The minimum absolute atomic E-state index is 0.114. The lowest BCUT2D eigenvalue weighted by Crippen LogP contribution is -2.48. The summed E-state index contributed by atoms with van der Waals surface area (Å²) < 4.78 is 0. The van der Waals surface area contributed by atoms with Gasteiger partial charge in [-0.05, 0) is 43.0 Å². The van der Waals surface area contributed by atoms with Crippen LogP contribution in [-0.4, -0.2) is 28.2 Å². The Morgan fingerprint density at radius 3 is 2.33 bits per heavy atom. The zero-order chi connectivity index (χ0) is 21.7. The number of benzene rings is 2. The molecule has 0 spiro atoms. The van der Waals surface area contributed by atoms with E-state index in [1.54, 1.807) is 0 Å². The van der Waals surface area contributed by atoms with E-state index in [2.05, 4.69) is 26.1 Å². The summed E-state index contributed by atoms with van der Waals surface area (Å²) in [6, 6.07) is 14.1. The van der Waals surface area contributed by atoms with Crippen molar-refractivity contribution >= 4 is 34.1 Å². The number of aromatic nitrogens is 2. The Morgan fingerprint density at radius 1 is 0.933 bits per heavy atom. The largest absolute Gasteiger partial charge is 0.326 e. The molecule has 0 saturated heterocycles. The lowest BCUT2D eigenvalue weighted by atomic mass is 10.0. The molecule has 3 amide bonds. The van der Waals surface area contributed by atoms with Crippen LogP contribution in [-0.2, 0) is 4.79 Å². The van der Waals surface area contributed by atoms with Crippen molar-refractivity contribution in [1.82, 2.24) is 15.5 Å². The molecule has 7 nitrogen and oxygen atoms in total. The van der Waals surface area contributed by atoms with E-state index in [1.165, 1.54) is 11.3 Å². The second-order valence-corrected chi connectivity index (χ2v) is 8.36. The molecule has 2 aromatic carbocycles. The Hall–Kier alpha value is -3.26. The van der Waals surface area contributed by atoms with Gasteiger partial charge in [-0.1, -0.05) is 61.6 Å². The van der Waals surface area contributed by atoms with Crippen molar-refractivity contribution in [2.75, 3.05) is 10.6 Å². The van der Waals surface area contributed by atoms with E-state index in [0.717, 1.165) is 16.7 Å². The average molecular weight is 424 g/mol. The van der Waals surface area contributed by atoms with Gasteiger partial charge < -0.3 is 10.6 Å². The van der Waals surface area contributed by atoms with Crippen molar-refractivity contribution in [3.8, 4) is 10.6 Å². The molecule has 0 saturated carbocycles. The Balaban J connectivity index is 1.64. The van der Waals surface area contributed by atoms with Crippen LogP contribution in [0.5, 0.6) is 0 Å². The monoisotopic (exact) mass is 423 g/mol. The van der Waals surface area contributed by atoms with E-state index in [4.69, 9.17) is 0 Å². The Labute approximate surface area is 179 Å². The van der Waals surface area contributed by atoms with Gasteiger partial charge in [-0.2, -0.15) is 0 Å². The molecule has 0 aliphatic carbocycles. The maximum Gasteiger partial charge on any atom is 0.319 e. The van der Waals surface area contributed by atoms with Crippen molar-refractivity contribution in [3.63, 3.8) is 0 Å². The smallest absolute Gasteiger partial charge is 0.319 e. The van der Waals surface area contributed by atoms with Gasteiger partial charge in [0, 0.05) is 11.3 Å². The van der Waals surface area contributed by atoms with Crippen LogP contribution in [0.3, 0.4) is 0 Å². The van der Waals surface area contributed by atoms with E-state index >= 15 is 0 Å². The Bertz CT molecular complexity index is 1030. The first-order chi connectivity index (χ1) is 14.3. The van der Waals surface area contributed by atoms with Crippen molar-refractivity contribution < 1.29 is 9.59 Å². The summed E-state index contributed by atoms with van der Waals surface area (Å²) in [5.41, 5.74) is 3.83. The standard InChI is InChI=1S/C22H25N5O2S/c1-13(2)18(24-21(29)23-17-11-10-14(3)15(4)12-17)19(28)25-22-27-26-20(30-22)16-8-6-5-7-9-16/h5-13,18H,1-4H3,(H2,23,24,29)(H,25,27,28). The van der Waals surface area contributed by atoms with Crippen LogP contribution in [0.25, 0.3) is 10.6 Å². The number of carbonyl (C=O) groups is 2. The van der Waals surface area contributed by atoms with Crippen LogP contribution >= 0.6 is 11.3 Å². The topological polar surface area (TPSA) is 96.0 Å². The third kappa shape index (κ3) is 5.42. The predicted molar refractivity (Wildman–Crippen MR) is 121 cm³/mol.